The summed E-state index contributed by atoms with van der Waals surface area (Å²) in [5, 5.41) is 7.04. The zero-order valence-electron chi connectivity index (χ0n) is 7.14. The highest BCUT2D eigenvalue weighted by Gasteiger charge is 1.96. The molecule has 0 unspecified atom stereocenters. The van der Waals surface area contributed by atoms with Crippen molar-refractivity contribution in [2.24, 2.45) is 5.73 Å². The Bertz CT molecular complexity index is 228. The maximum absolute atomic E-state index is 7.04. The first-order valence-electron chi connectivity index (χ1n) is 3.61. The molecule has 0 atom stereocenters. The van der Waals surface area contributed by atoms with Crippen molar-refractivity contribution in [3.8, 4) is 0 Å². The van der Waals surface area contributed by atoms with E-state index in [0.717, 1.165) is 4.88 Å². The molecule has 0 radical (unpaired) electrons. The Morgan fingerprint density at radius 3 is 2.18 bits per heavy atom. The van der Waals surface area contributed by atoms with Crippen LogP contribution in [0.25, 0.3) is 0 Å². The molecule has 0 aliphatic heterocycles. The highest BCUT2D eigenvalue weighted by Crippen LogP contribution is 2.13. The van der Waals surface area contributed by atoms with Crippen LogP contribution in [0.5, 0.6) is 0 Å². The van der Waals surface area contributed by atoms with Gasteiger partial charge in [0.25, 0.3) is 0 Å². The summed E-state index contributed by atoms with van der Waals surface area (Å²) >= 11 is 1.55. The number of thiophene rings is 1. The van der Waals surface area contributed by atoms with E-state index >= 15 is 0 Å². The largest absolute Gasteiger partial charge is 0.383 e. The maximum Gasteiger partial charge on any atom is 0.133 e. The fraction of sp³-hybridized carbons (Fsp3) is 0.375. The molecule has 1 rings (SSSR count). The summed E-state index contributed by atoms with van der Waals surface area (Å²) in [6, 6.07) is 3.82. The predicted octanol–water partition coefficient (Wildman–Crippen LogP) is 2.37. The minimum Gasteiger partial charge on any atom is -0.383 e. The summed E-state index contributed by atoms with van der Waals surface area (Å²) in [7, 11) is 0. The molecule has 0 saturated carbocycles. The van der Waals surface area contributed by atoms with E-state index in [1.54, 1.807) is 11.3 Å². The third-order valence-electron chi connectivity index (χ3n) is 1.01. The molecule has 0 bridgehead atoms. The SMILES string of the molecule is CC.Cc1ccc(C(=N)N)s1. The third kappa shape index (κ3) is 3.18. The number of hydrogen-bond donors (Lipinski definition) is 2. The van der Waals surface area contributed by atoms with Crippen molar-refractivity contribution in [1.82, 2.24) is 0 Å². The van der Waals surface area contributed by atoms with Gasteiger partial charge in [0.15, 0.2) is 0 Å². The number of nitrogens with two attached hydrogens (primary N) is 1. The first-order chi connectivity index (χ1) is 5.20. The van der Waals surface area contributed by atoms with E-state index in [1.807, 2.05) is 32.9 Å². The molecule has 2 nitrogen and oxygen atoms in total. The van der Waals surface area contributed by atoms with Crippen LogP contribution in [0.15, 0.2) is 12.1 Å². The highest BCUT2D eigenvalue weighted by molar-refractivity contribution is 7.13. The first-order valence-corrected chi connectivity index (χ1v) is 4.42. The molecule has 0 aliphatic rings. The lowest BCUT2D eigenvalue weighted by atomic mass is 10.4. The Hall–Kier alpha value is -0.830. The van der Waals surface area contributed by atoms with E-state index in [9.17, 15) is 0 Å². The molecule has 0 spiro atoms. The molecule has 3 N–H and O–H groups in total. The average Bonchev–Trinajstić information content (AvgIpc) is 2.40. The highest BCUT2D eigenvalue weighted by atomic mass is 32.1. The number of nitrogens with one attached hydrogen (secondary N) is 1. The zero-order valence-corrected chi connectivity index (χ0v) is 7.96. The average molecular weight is 170 g/mol. The van der Waals surface area contributed by atoms with Crippen molar-refractivity contribution < 1.29 is 0 Å². The van der Waals surface area contributed by atoms with Crippen LogP contribution in [-0.4, -0.2) is 5.84 Å². The fourth-order valence-electron chi connectivity index (χ4n) is 0.579. The van der Waals surface area contributed by atoms with Gasteiger partial charge in [-0.1, -0.05) is 13.8 Å². The van der Waals surface area contributed by atoms with Gasteiger partial charge in [-0.15, -0.1) is 11.3 Å². The standard InChI is InChI=1S/C6H8N2S.C2H6/c1-4-2-3-5(9-4)6(7)8;1-2/h2-3H,1H3,(H3,7,8);1-2H3. The number of aryl methyl sites for hydroxylation is 1. The molecule has 1 aromatic heterocycles. The van der Waals surface area contributed by atoms with Gasteiger partial charge in [-0.2, -0.15) is 0 Å². The van der Waals surface area contributed by atoms with Gasteiger partial charge in [0, 0.05) is 4.88 Å². The van der Waals surface area contributed by atoms with Gasteiger partial charge in [-0.3, -0.25) is 5.41 Å². The number of nitrogen functional groups attached to an aromatic ring is 1. The molecule has 0 fully saturated rings. The molecule has 11 heavy (non-hydrogen) atoms. The van der Waals surface area contributed by atoms with Gasteiger partial charge >= 0.3 is 0 Å². The molecule has 1 heterocycles. The quantitative estimate of drug-likeness (QED) is 0.493. The van der Waals surface area contributed by atoms with Crippen molar-refractivity contribution in [3.05, 3.63) is 21.9 Å². The Labute approximate surface area is 71.6 Å². The summed E-state index contributed by atoms with van der Waals surface area (Å²) < 4.78 is 0. The van der Waals surface area contributed by atoms with Crippen molar-refractivity contribution >= 4 is 17.2 Å². The minimum absolute atomic E-state index is 0.160. The number of hydrogen-bond acceptors (Lipinski definition) is 2. The van der Waals surface area contributed by atoms with Crippen LogP contribution in [-0.2, 0) is 0 Å². The van der Waals surface area contributed by atoms with Crippen LogP contribution >= 0.6 is 11.3 Å². The van der Waals surface area contributed by atoms with Crippen molar-refractivity contribution in [2.45, 2.75) is 20.8 Å². The molecule has 0 aromatic carbocycles. The summed E-state index contributed by atoms with van der Waals surface area (Å²) in [6.07, 6.45) is 0. The lowest BCUT2D eigenvalue weighted by molar-refractivity contribution is 1.45. The van der Waals surface area contributed by atoms with Crippen LogP contribution in [0.1, 0.15) is 23.6 Å². The molecular formula is C8H14N2S. The molecule has 0 amide bonds. The monoisotopic (exact) mass is 170 g/mol. The molecule has 1 aromatic rings. The Morgan fingerprint density at radius 2 is 2.00 bits per heavy atom. The van der Waals surface area contributed by atoms with E-state index in [2.05, 4.69) is 0 Å². The lowest BCUT2D eigenvalue weighted by Gasteiger charge is -1.86. The van der Waals surface area contributed by atoms with E-state index < -0.39 is 0 Å². The third-order valence-corrected chi connectivity index (χ3v) is 2.04. The van der Waals surface area contributed by atoms with Crippen molar-refractivity contribution in [2.75, 3.05) is 0 Å². The van der Waals surface area contributed by atoms with Crippen LogP contribution in [0.3, 0.4) is 0 Å². The van der Waals surface area contributed by atoms with Gasteiger partial charge < -0.3 is 5.73 Å². The van der Waals surface area contributed by atoms with E-state index in [4.69, 9.17) is 11.1 Å². The number of rotatable bonds is 1. The van der Waals surface area contributed by atoms with Crippen molar-refractivity contribution in [3.63, 3.8) is 0 Å². The molecule has 62 valence electrons. The van der Waals surface area contributed by atoms with Crippen LogP contribution in [0, 0.1) is 12.3 Å². The fourth-order valence-corrected chi connectivity index (χ4v) is 1.31. The normalized spacial score (nSPS) is 8.27. The smallest absolute Gasteiger partial charge is 0.133 e. The Kier molecular flexibility index (Phi) is 4.54. The van der Waals surface area contributed by atoms with Crippen molar-refractivity contribution in [1.29, 1.82) is 5.41 Å². The summed E-state index contributed by atoms with van der Waals surface area (Å²) in [6.45, 7) is 6.00. The second-order valence-electron chi connectivity index (χ2n) is 1.82. The lowest BCUT2D eigenvalue weighted by Crippen LogP contribution is -2.08. The van der Waals surface area contributed by atoms with Gasteiger partial charge in [0.1, 0.15) is 5.84 Å². The van der Waals surface area contributed by atoms with Gasteiger partial charge in [-0.25, -0.2) is 0 Å². The zero-order chi connectivity index (χ0) is 8.85. The topological polar surface area (TPSA) is 49.9 Å². The Balaban J connectivity index is 0.000000461. The molecule has 3 heteroatoms. The van der Waals surface area contributed by atoms with E-state index in [1.165, 1.54) is 4.88 Å². The summed E-state index contributed by atoms with van der Waals surface area (Å²) in [4.78, 5) is 2.05. The van der Waals surface area contributed by atoms with E-state index in [-0.39, 0.29) is 5.84 Å². The Morgan fingerprint density at radius 1 is 1.45 bits per heavy atom. The molecule has 0 aliphatic carbocycles. The maximum atomic E-state index is 7.04. The van der Waals surface area contributed by atoms with E-state index in [0.29, 0.717) is 0 Å². The predicted molar refractivity (Wildman–Crippen MR) is 51.4 cm³/mol. The van der Waals surface area contributed by atoms with Crippen LogP contribution in [0.4, 0.5) is 0 Å². The second-order valence-corrected chi connectivity index (χ2v) is 3.11. The first kappa shape index (κ1) is 10.2. The summed E-state index contributed by atoms with van der Waals surface area (Å²) in [5.41, 5.74) is 5.22. The second kappa shape index (κ2) is 4.91. The van der Waals surface area contributed by atoms with Gasteiger partial charge in [0.2, 0.25) is 0 Å². The summed E-state index contributed by atoms with van der Waals surface area (Å²) in [5.74, 6) is 0.160. The van der Waals surface area contributed by atoms with Crippen LogP contribution < -0.4 is 5.73 Å². The van der Waals surface area contributed by atoms with Crippen LogP contribution in [0.2, 0.25) is 0 Å². The number of amidine groups is 1. The minimum atomic E-state index is 0.160. The van der Waals surface area contributed by atoms with Gasteiger partial charge in [-0.05, 0) is 19.1 Å². The van der Waals surface area contributed by atoms with Gasteiger partial charge in [0.05, 0.1) is 4.88 Å². The molecule has 0 saturated heterocycles. The molecular weight excluding hydrogens is 156 g/mol.